The molecule has 1 unspecified atom stereocenters. The Bertz CT molecular complexity index is 363. The van der Waals surface area contributed by atoms with Gasteiger partial charge in [0.15, 0.2) is 0 Å². The molecule has 1 rings (SSSR count). The van der Waals surface area contributed by atoms with Crippen LogP contribution < -0.4 is 0 Å². The van der Waals surface area contributed by atoms with Gasteiger partial charge in [-0.15, -0.1) is 0 Å². The lowest BCUT2D eigenvalue weighted by Gasteiger charge is -2.35. The van der Waals surface area contributed by atoms with Gasteiger partial charge in [-0.2, -0.15) is 0 Å². The van der Waals surface area contributed by atoms with Gasteiger partial charge >= 0.3 is 0 Å². The minimum atomic E-state index is 0.184. The average Bonchev–Trinajstić information content (AvgIpc) is 2.51. The molecule has 0 aromatic heterocycles. The summed E-state index contributed by atoms with van der Waals surface area (Å²) in [4.78, 5) is 29.8. The number of nitrogens with zero attached hydrogens (tertiary/aromatic N) is 3. The molecule has 2 amide bonds. The molecule has 1 aliphatic rings. The second-order valence-electron chi connectivity index (χ2n) is 6.86. The van der Waals surface area contributed by atoms with Crippen LogP contribution in [0.15, 0.2) is 0 Å². The maximum atomic E-state index is 12.3. The molecule has 0 radical (unpaired) electrons. The lowest BCUT2D eigenvalue weighted by atomic mass is 9.95. The molecule has 0 aromatic carbocycles. The Kier molecular flexibility index (Phi) is 7.87. The largest absolute Gasteiger partial charge is 0.339 e. The van der Waals surface area contributed by atoms with E-state index < -0.39 is 0 Å². The minimum Gasteiger partial charge on any atom is -0.339 e. The van der Waals surface area contributed by atoms with Crippen LogP contribution in [0.4, 0.5) is 0 Å². The van der Waals surface area contributed by atoms with Crippen molar-refractivity contribution in [3.63, 3.8) is 0 Å². The molecule has 0 N–H and O–H groups in total. The molecule has 0 aliphatic carbocycles. The zero-order valence-corrected chi connectivity index (χ0v) is 15.0. The molecule has 5 nitrogen and oxygen atoms in total. The van der Waals surface area contributed by atoms with Crippen molar-refractivity contribution in [2.24, 2.45) is 11.8 Å². The second kappa shape index (κ2) is 9.13. The lowest BCUT2D eigenvalue weighted by molar-refractivity contribution is -0.139. The highest BCUT2D eigenvalue weighted by molar-refractivity contribution is 5.79. The summed E-state index contributed by atoms with van der Waals surface area (Å²) < 4.78 is 0. The first kappa shape index (κ1) is 18.9. The molecule has 0 saturated carbocycles. The topological polar surface area (TPSA) is 43.9 Å². The number of carbonyl (C=O) groups excluding carboxylic acids is 2. The maximum Gasteiger partial charge on any atom is 0.236 e. The van der Waals surface area contributed by atoms with Crippen molar-refractivity contribution < 1.29 is 9.59 Å². The smallest absolute Gasteiger partial charge is 0.236 e. The van der Waals surface area contributed by atoms with Crippen molar-refractivity contribution in [2.45, 2.75) is 40.5 Å². The van der Waals surface area contributed by atoms with E-state index in [1.807, 2.05) is 23.8 Å². The second-order valence-corrected chi connectivity index (χ2v) is 6.86. The van der Waals surface area contributed by atoms with Crippen molar-refractivity contribution in [1.29, 1.82) is 0 Å². The SMILES string of the molecule is CCC(=O)N1CCN(C(=O)CN(C)CCC(C)C(C)C)CC1. The third-order valence-corrected chi connectivity index (χ3v) is 4.80. The van der Waals surface area contributed by atoms with Crippen LogP contribution >= 0.6 is 0 Å². The summed E-state index contributed by atoms with van der Waals surface area (Å²) in [7, 11) is 2.02. The molecule has 22 heavy (non-hydrogen) atoms. The molecule has 0 aromatic rings. The average molecular weight is 311 g/mol. The molecule has 128 valence electrons. The number of likely N-dealkylation sites (N-methyl/N-ethyl adjacent to an activating group) is 1. The molecular formula is C17H33N3O2. The van der Waals surface area contributed by atoms with Gasteiger partial charge in [0.25, 0.3) is 0 Å². The predicted octanol–water partition coefficient (Wildman–Crippen LogP) is 1.68. The Morgan fingerprint density at radius 2 is 1.50 bits per heavy atom. The monoisotopic (exact) mass is 311 g/mol. The molecule has 1 aliphatic heterocycles. The zero-order valence-electron chi connectivity index (χ0n) is 15.0. The first-order valence-corrected chi connectivity index (χ1v) is 8.59. The van der Waals surface area contributed by atoms with E-state index in [0.717, 1.165) is 13.0 Å². The number of piperazine rings is 1. The number of rotatable bonds is 7. The molecule has 1 fully saturated rings. The van der Waals surface area contributed by atoms with Crippen LogP contribution in [-0.2, 0) is 9.59 Å². The van der Waals surface area contributed by atoms with Crippen molar-refractivity contribution in [3.8, 4) is 0 Å². The van der Waals surface area contributed by atoms with E-state index in [0.29, 0.717) is 51.0 Å². The summed E-state index contributed by atoms with van der Waals surface area (Å²) in [6.45, 7) is 12.8. The normalized spacial score (nSPS) is 17.2. The van der Waals surface area contributed by atoms with E-state index in [1.165, 1.54) is 0 Å². The Hall–Kier alpha value is -1.10. The van der Waals surface area contributed by atoms with Gasteiger partial charge in [0, 0.05) is 32.6 Å². The Morgan fingerprint density at radius 1 is 1.00 bits per heavy atom. The van der Waals surface area contributed by atoms with Gasteiger partial charge < -0.3 is 9.80 Å². The summed E-state index contributed by atoms with van der Waals surface area (Å²) in [6, 6.07) is 0. The van der Waals surface area contributed by atoms with Crippen LogP contribution in [0, 0.1) is 11.8 Å². The van der Waals surface area contributed by atoms with E-state index in [-0.39, 0.29) is 11.8 Å². The van der Waals surface area contributed by atoms with Crippen molar-refractivity contribution >= 4 is 11.8 Å². The standard InChI is InChI=1S/C17H33N3O2/c1-6-16(21)19-9-11-20(12-10-19)17(22)13-18(5)8-7-15(4)14(2)3/h14-15H,6-13H2,1-5H3. The Balaban J connectivity index is 2.30. The van der Waals surface area contributed by atoms with Crippen LogP contribution in [-0.4, -0.2) is 72.8 Å². The lowest BCUT2D eigenvalue weighted by Crippen LogP contribution is -2.52. The third kappa shape index (κ3) is 5.95. The van der Waals surface area contributed by atoms with Gasteiger partial charge in [-0.1, -0.05) is 27.7 Å². The highest BCUT2D eigenvalue weighted by atomic mass is 16.2. The van der Waals surface area contributed by atoms with Gasteiger partial charge in [0.05, 0.1) is 6.54 Å². The highest BCUT2D eigenvalue weighted by Crippen LogP contribution is 2.14. The fraction of sp³-hybridized carbons (Fsp3) is 0.882. The van der Waals surface area contributed by atoms with E-state index >= 15 is 0 Å². The zero-order chi connectivity index (χ0) is 16.7. The van der Waals surface area contributed by atoms with E-state index in [2.05, 4.69) is 25.7 Å². The first-order chi connectivity index (χ1) is 10.3. The molecule has 1 heterocycles. The summed E-state index contributed by atoms with van der Waals surface area (Å²) in [5.74, 6) is 1.74. The predicted molar refractivity (Wildman–Crippen MR) is 89.6 cm³/mol. The van der Waals surface area contributed by atoms with Gasteiger partial charge in [0.1, 0.15) is 0 Å². The molecule has 1 atom stereocenters. The first-order valence-electron chi connectivity index (χ1n) is 8.59. The van der Waals surface area contributed by atoms with E-state index in [9.17, 15) is 9.59 Å². The highest BCUT2D eigenvalue weighted by Gasteiger charge is 2.23. The van der Waals surface area contributed by atoms with Gasteiger partial charge in [0.2, 0.25) is 11.8 Å². The Labute approximate surface area is 135 Å². The molecule has 5 heteroatoms. The van der Waals surface area contributed by atoms with Gasteiger partial charge in [-0.3, -0.25) is 14.5 Å². The fourth-order valence-corrected chi connectivity index (χ4v) is 2.60. The van der Waals surface area contributed by atoms with Gasteiger partial charge in [-0.05, 0) is 31.8 Å². The fourth-order valence-electron chi connectivity index (χ4n) is 2.60. The van der Waals surface area contributed by atoms with Crippen molar-refractivity contribution in [1.82, 2.24) is 14.7 Å². The Morgan fingerprint density at radius 3 is 1.95 bits per heavy atom. The number of amides is 2. The van der Waals surface area contributed by atoms with Crippen LogP contribution in [0.1, 0.15) is 40.5 Å². The molecule has 0 bridgehead atoms. The summed E-state index contributed by atoms with van der Waals surface area (Å²) in [6.07, 6.45) is 1.67. The van der Waals surface area contributed by atoms with Crippen LogP contribution in [0.5, 0.6) is 0 Å². The van der Waals surface area contributed by atoms with E-state index in [1.54, 1.807) is 0 Å². The third-order valence-electron chi connectivity index (χ3n) is 4.80. The quantitative estimate of drug-likeness (QED) is 0.718. The number of hydrogen-bond acceptors (Lipinski definition) is 3. The number of carbonyl (C=O) groups is 2. The molecule has 1 saturated heterocycles. The van der Waals surface area contributed by atoms with Crippen LogP contribution in [0.2, 0.25) is 0 Å². The minimum absolute atomic E-state index is 0.184. The molecular weight excluding hydrogens is 278 g/mol. The summed E-state index contributed by atoms with van der Waals surface area (Å²) in [5.41, 5.74) is 0. The summed E-state index contributed by atoms with van der Waals surface area (Å²) in [5, 5.41) is 0. The maximum absolute atomic E-state index is 12.3. The number of hydrogen-bond donors (Lipinski definition) is 0. The van der Waals surface area contributed by atoms with Crippen molar-refractivity contribution in [2.75, 3.05) is 46.3 Å². The van der Waals surface area contributed by atoms with E-state index in [4.69, 9.17) is 0 Å². The van der Waals surface area contributed by atoms with Gasteiger partial charge in [-0.25, -0.2) is 0 Å². The summed E-state index contributed by atoms with van der Waals surface area (Å²) >= 11 is 0. The van der Waals surface area contributed by atoms with Crippen molar-refractivity contribution in [3.05, 3.63) is 0 Å². The molecule has 0 spiro atoms. The van der Waals surface area contributed by atoms with Crippen LogP contribution in [0.25, 0.3) is 0 Å². The van der Waals surface area contributed by atoms with Crippen LogP contribution in [0.3, 0.4) is 0 Å².